The molecule has 1 saturated heterocycles. The molecule has 1 unspecified atom stereocenters. The lowest BCUT2D eigenvalue weighted by molar-refractivity contribution is -0.410. The first-order valence-electron chi connectivity index (χ1n) is 7.13. The van der Waals surface area contributed by atoms with E-state index in [1.165, 1.54) is 0 Å². The van der Waals surface area contributed by atoms with Crippen LogP contribution >= 0.6 is 0 Å². The number of alkyl halides is 9. The predicted molar refractivity (Wildman–Crippen MR) is 69.7 cm³/mol. The van der Waals surface area contributed by atoms with E-state index in [4.69, 9.17) is 0 Å². The summed E-state index contributed by atoms with van der Waals surface area (Å²) in [6.07, 6.45) is -7.82. The molecular weight excluding hydrogens is 369 g/mol. The quantitative estimate of drug-likeness (QED) is 0.503. The van der Waals surface area contributed by atoms with Gasteiger partial charge in [-0.05, 0) is 33.1 Å². The molecule has 0 aromatic rings. The third kappa shape index (κ3) is 2.99. The zero-order chi connectivity index (χ0) is 20.1. The molecule has 2 nitrogen and oxygen atoms in total. The summed E-state index contributed by atoms with van der Waals surface area (Å²) in [7, 11) is 0. The highest BCUT2D eigenvalue weighted by atomic mass is 19.4. The topological polar surface area (TPSA) is 20.3 Å². The summed E-state index contributed by atoms with van der Waals surface area (Å²) in [5, 5.41) is 0. The molecule has 1 aliphatic rings. The minimum atomic E-state index is -6.98. The molecule has 1 atom stereocenters. The van der Waals surface area contributed by atoms with Crippen molar-refractivity contribution >= 4 is 5.91 Å². The monoisotopic (exact) mass is 385 g/mol. The number of piperidine rings is 1. The second kappa shape index (κ2) is 6.08. The molecular formula is C14H16F9NO. The Morgan fingerprint density at radius 2 is 1.44 bits per heavy atom. The third-order valence-corrected chi connectivity index (χ3v) is 4.32. The lowest BCUT2D eigenvalue weighted by Gasteiger charge is -2.51. The molecule has 0 aliphatic carbocycles. The number of hydrogen-bond acceptors (Lipinski definition) is 1. The Kier molecular flexibility index (Phi) is 5.26. The van der Waals surface area contributed by atoms with Crippen LogP contribution in [0, 0.1) is 0 Å². The second-order valence-electron chi connectivity index (χ2n) is 6.19. The number of hydrogen-bond donors (Lipinski definition) is 0. The van der Waals surface area contributed by atoms with Crippen LogP contribution in [0.5, 0.6) is 0 Å². The van der Waals surface area contributed by atoms with Crippen molar-refractivity contribution in [1.29, 1.82) is 0 Å². The van der Waals surface area contributed by atoms with E-state index < -0.39 is 48.4 Å². The molecule has 0 saturated carbocycles. The number of carbonyl (C=O) groups is 1. The fourth-order valence-electron chi connectivity index (χ4n) is 2.72. The Balaban J connectivity index is 3.50. The molecule has 25 heavy (non-hydrogen) atoms. The van der Waals surface area contributed by atoms with Crippen molar-refractivity contribution in [2.75, 3.05) is 6.54 Å². The first kappa shape index (κ1) is 21.6. The minimum absolute atomic E-state index is 0.103. The van der Waals surface area contributed by atoms with Gasteiger partial charge in [0.15, 0.2) is 0 Å². The van der Waals surface area contributed by atoms with Gasteiger partial charge in [0.2, 0.25) is 5.91 Å². The van der Waals surface area contributed by atoms with E-state index in [1.807, 2.05) is 0 Å². The van der Waals surface area contributed by atoms with Crippen LogP contribution in [-0.4, -0.2) is 46.8 Å². The van der Waals surface area contributed by atoms with Gasteiger partial charge in [-0.25, -0.2) is 0 Å². The second-order valence-corrected chi connectivity index (χ2v) is 6.19. The lowest BCUT2D eigenvalue weighted by atomic mass is 9.77. The Morgan fingerprint density at radius 3 is 1.84 bits per heavy atom. The Morgan fingerprint density at radius 1 is 0.960 bits per heavy atom. The Bertz CT molecular complexity index is 555. The van der Waals surface area contributed by atoms with Gasteiger partial charge in [-0.3, -0.25) is 4.79 Å². The predicted octanol–water partition coefficient (Wildman–Crippen LogP) is 4.80. The van der Waals surface area contributed by atoms with Crippen molar-refractivity contribution in [2.45, 2.75) is 62.6 Å². The summed E-state index contributed by atoms with van der Waals surface area (Å²) >= 11 is 0. The van der Waals surface area contributed by atoms with E-state index in [0.29, 0.717) is 6.92 Å². The van der Waals surface area contributed by atoms with Crippen molar-refractivity contribution in [1.82, 2.24) is 4.90 Å². The molecule has 1 fully saturated rings. The average Bonchev–Trinajstić information content (AvgIpc) is 2.45. The molecule has 0 spiro atoms. The first-order valence-corrected chi connectivity index (χ1v) is 7.13. The smallest absolute Gasteiger partial charge is 0.327 e. The fraction of sp³-hybridized carbons (Fsp3) is 0.786. The average molecular weight is 385 g/mol. The first-order chi connectivity index (χ1) is 10.9. The van der Waals surface area contributed by atoms with Gasteiger partial charge in [0, 0.05) is 12.1 Å². The van der Waals surface area contributed by atoms with E-state index >= 15 is 0 Å². The SMILES string of the molecule is C=C(C)C(=O)N1CCCCC1(C)C(F)(F)C(F)(F)C(F)(F)C(F)(F)F. The maximum Gasteiger partial charge on any atom is 0.460 e. The Labute approximate surface area is 137 Å². The summed E-state index contributed by atoms with van der Waals surface area (Å²) in [4.78, 5) is 12.2. The molecule has 1 rings (SSSR count). The van der Waals surface area contributed by atoms with E-state index in [-0.39, 0.29) is 23.3 Å². The zero-order valence-electron chi connectivity index (χ0n) is 13.3. The molecule has 0 N–H and O–H groups in total. The minimum Gasteiger partial charge on any atom is -0.327 e. The van der Waals surface area contributed by atoms with Crippen molar-refractivity contribution in [3.63, 3.8) is 0 Å². The normalized spacial score (nSPS) is 23.6. The lowest BCUT2D eigenvalue weighted by Crippen LogP contribution is -2.73. The molecule has 11 heteroatoms. The number of rotatable bonds is 4. The van der Waals surface area contributed by atoms with Crippen LogP contribution < -0.4 is 0 Å². The molecule has 0 aromatic heterocycles. The van der Waals surface area contributed by atoms with Crippen LogP contribution in [0.15, 0.2) is 12.2 Å². The maximum atomic E-state index is 14.4. The molecule has 0 aromatic carbocycles. The van der Waals surface area contributed by atoms with Gasteiger partial charge >= 0.3 is 23.9 Å². The number of carbonyl (C=O) groups excluding carboxylic acids is 1. The highest BCUT2D eigenvalue weighted by Crippen LogP contribution is 2.58. The van der Waals surface area contributed by atoms with Crippen LogP contribution in [0.2, 0.25) is 0 Å². The molecule has 1 aliphatic heterocycles. The molecule has 0 radical (unpaired) electrons. The van der Waals surface area contributed by atoms with Crippen molar-refractivity contribution in [3.05, 3.63) is 12.2 Å². The van der Waals surface area contributed by atoms with Gasteiger partial charge in [-0.1, -0.05) is 6.58 Å². The molecule has 1 amide bonds. The van der Waals surface area contributed by atoms with Crippen molar-refractivity contribution in [2.24, 2.45) is 0 Å². The van der Waals surface area contributed by atoms with Gasteiger partial charge in [0.25, 0.3) is 0 Å². The number of halogens is 9. The van der Waals surface area contributed by atoms with Gasteiger partial charge in [-0.2, -0.15) is 39.5 Å². The van der Waals surface area contributed by atoms with E-state index in [0.717, 1.165) is 6.92 Å². The van der Waals surface area contributed by atoms with Crippen LogP contribution in [0.3, 0.4) is 0 Å². The van der Waals surface area contributed by atoms with Gasteiger partial charge in [0.1, 0.15) is 5.54 Å². The summed E-state index contributed by atoms with van der Waals surface area (Å²) in [6.45, 7) is 4.15. The van der Waals surface area contributed by atoms with Gasteiger partial charge < -0.3 is 4.90 Å². The molecule has 1 heterocycles. The number of nitrogens with zero attached hydrogens (tertiary/aromatic N) is 1. The van der Waals surface area contributed by atoms with E-state index in [2.05, 4.69) is 6.58 Å². The van der Waals surface area contributed by atoms with Gasteiger partial charge in [0.05, 0.1) is 0 Å². The van der Waals surface area contributed by atoms with Crippen molar-refractivity contribution < 1.29 is 44.3 Å². The van der Waals surface area contributed by atoms with E-state index in [1.54, 1.807) is 0 Å². The summed E-state index contributed by atoms with van der Waals surface area (Å²) in [5.74, 6) is -20.8. The highest BCUT2D eigenvalue weighted by Gasteiger charge is 2.85. The van der Waals surface area contributed by atoms with Crippen LogP contribution in [0.4, 0.5) is 39.5 Å². The maximum absolute atomic E-state index is 14.4. The largest absolute Gasteiger partial charge is 0.460 e. The summed E-state index contributed by atoms with van der Waals surface area (Å²) < 4.78 is 119. The Hall–Kier alpha value is -1.42. The number of likely N-dealkylation sites (tertiary alicyclic amines) is 1. The van der Waals surface area contributed by atoms with E-state index in [9.17, 15) is 44.3 Å². The van der Waals surface area contributed by atoms with Crippen LogP contribution in [0.1, 0.15) is 33.1 Å². The third-order valence-electron chi connectivity index (χ3n) is 4.32. The van der Waals surface area contributed by atoms with Crippen molar-refractivity contribution in [3.8, 4) is 0 Å². The van der Waals surface area contributed by atoms with Crippen LogP contribution in [0.25, 0.3) is 0 Å². The summed E-state index contributed by atoms with van der Waals surface area (Å²) in [6, 6.07) is 0. The highest BCUT2D eigenvalue weighted by molar-refractivity contribution is 5.93. The fourth-order valence-corrected chi connectivity index (χ4v) is 2.72. The van der Waals surface area contributed by atoms with Gasteiger partial charge in [-0.15, -0.1) is 0 Å². The number of amides is 1. The standard InChI is InChI=1S/C14H16F9NO/c1-8(2)9(25)24-7-5-4-6-10(24,3)11(15,16)12(17,18)13(19,20)14(21,22)23/h1,4-7H2,2-3H3. The zero-order valence-corrected chi connectivity index (χ0v) is 13.3. The summed E-state index contributed by atoms with van der Waals surface area (Å²) in [5.41, 5.74) is -3.57. The molecule has 146 valence electrons. The van der Waals surface area contributed by atoms with Crippen LogP contribution in [-0.2, 0) is 4.79 Å². The molecule has 0 bridgehead atoms.